The molecule has 0 aliphatic heterocycles. The van der Waals surface area contributed by atoms with Gasteiger partial charge in [-0.05, 0) is 36.5 Å². The Bertz CT molecular complexity index is 527. The van der Waals surface area contributed by atoms with Gasteiger partial charge in [-0.3, -0.25) is 4.79 Å². The Balaban J connectivity index is 1.77. The first-order chi connectivity index (χ1) is 11.1. The summed E-state index contributed by atoms with van der Waals surface area (Å²) < 4.78 is 11.6. The number of carbonyl (C=O) groups is 1. The van der Waals surface area contributed by atoms with E-state index in [-0.39, 0.29) is 5.91 Å². The van der Waals surface area contributed by atoms with Crippen LogP contribution >= 0.6 is 15.9 Å². The van der Waals surface area contributed by atoms with Crippen LogP contribution in [-0.2, 0) is 11.2 Å². The zero-order valence-corrected chi connectivity index (χ0v) is 15.6. The second-order valence-electron chi connectivity index (χ2n) is 6.09. The summed E-state index contributed by atoms with van der Waals surface area (Å²) in [6.45, 7) is 0.636. The van der Waals surface area contributed by atoms with Crippen LogP contribution in [0.5, 0.6) is 11.5 Å². The van der Waals surface area contributed by atoms with Crippen LogP contribution in [0, 0.1) is 5.92 Å². The Kier molecular flexibility index (Phi) is 7.21. The zero-order chi connectivity index (χ0) is 16.7. The van der Waals surface area contributed by atoms with E-state index in [1.54, 1.807) is 14.2 Å². The number of benzene rings is 1. The quantitative estimate of drug-likeness (QED) is 0.734. The van der Waals surface area contributed by atoms with Crippen molar-refractivity contribution in [1.29, 1.82) is 0 Å². The highest BCUT2D eigenvalue weighted by molar-refractivity contribution is 9.10. The number of carbonyl (C=O) groups excluding carboxylic acids is 1. The van der Waals surface area contributed by atoms with E-state index in [0.29, 0.717) is 24.5 Å². The molecule has 0 spiro atoms. The zero-order valence-electron chi connectivity index (χ0n) is 14.0. The molecule has 1 aromatic rings. The maximum atomic E-state index is 11.9. The minimum atomic E-state index is 0.161. The van der Waals surface area contributed by atoms with Crippen LogP contribution in [0.3, 0.4) is 0 Å². The SMILES string of the molecule is COc1cc(Br)c(CCNC(=O)CCC2CCCC2)cc1OC. The van der Waals surface area contributed by atoms with Crippen molar-refractivity contribution in [2.75, 3.05) is 20.8 Å². The molecule has 0 bridgehead atoms. The molecule has 1 saturated carbocycles. The van der Waals surface area contributed by atoms with Gasteiger partial charge in [0.2, 0.25) is 5.91 Å². The molecule has 0 atom stereocenters. The number of halogens is 1. The van der Waals surface area contributed by atoms with Crippen molar-refractivity contribution in [2.45, 2.75) is 44.9 Å². The lowest BCUT2D eigenvalue weighted by atomic mass is 10.0. The van der Waals surface area contributed by atoms with Crippen molar-refractivity contribution in [2.24, 2.45) is 5.92 Å². The largest absolute Gasteiger partial charge is 0.493 e. The first kappa shape index (κ1) is 18.1. The van der Waals surface area contributed by atoms with Gasteiger partial charge in [0, 0.05) is 17.4 Å². The molecule has 0 saturated heterocycles. The maximum Gasteiger partial charge on any atom is 0.220 e. The van der Waals surface area contributed by atoms with E-state index < -0.39 is 0 Å². The van der Waals surface area contributed by atoms with Gasteiger partial charge in [0.25, 0.3) is 0 Å². The highest BCUT2D eigenvalue weighted by Gasteiger charge is 2.16. The maximum absolute atomic E-state index is 11.9. The predicted molar refractivity (Wildman–Crippen MR) is 95.2 cm³/mol. The first-order valence-electron chi connectivity index (χ1n) is 8.31. The van der Waals surface area contributed by atoms with Crippen LogP contribution in [0.15, 0.2) is 16.6 Å². The van der Waals surface area contributed by atoms with Gasteiger partial charge in [0.05, 0.1) is 14.2 Å². The van der Waals surface area contributed by atoms with Crippen molar-refractivity contribution in [3.05, 3.63) is 22.2 Å². The van der Waals surface area contributed by atoms with Crippen molar-refractivity contribution in [1.82, 2.24) is 5.32 Å². The second-order valence-corrected chi connectivity index (χ2v) is 6.94. The fourth-order valence-electron chi connectivity index (χ4n) is 3.15. The van der Waals surface area contributed by atoms with Crippen LogP contribution in [-0.4, -0.2) is 26.7 Å². The monoisotopic (exact) mass is 383 g/mol. The minimum absolute atomic E-state index is 0.161. The van der Waals surface area contributed by atoms with Gasteiger partial charge < -0.3 is 14.8 Å². The average molecular weight is 384 g/mol. The minimum Gasteiger partial charge on any atom is -0.493 e. The number of hydrogen-bond donors (Lipinski definition) is 1. The molecule has 128 valence electrons. The van der Waals surface area contributed by atoms with E-state index in [2.05, 4.69) is 21.2 Å². The highest BCUT2D eigenvalue weighted by atomic mass is 79.9. The fourth-order valence-corrected chi connectivity index (χ4v) is 3.67. The molecular formula is C18H26BrNO3. The summed E-state index contributed by atoms with van der Waals surface area (Å²) in [6, 6.07) is 3.85. The van der Waals surface area contributed by atoms with Crippen molar-refractivity contribution in [3.8, 4) is 11.5 Å². The third-order valence-corrected chi connectivity index (χ3v) is 5.26. The molecule has 1 amide bonds. The van der Waals surface area contributed by atoms with Gasteiger partial charge >= 0.3 is 0 Å². The molecule has 2 rings (SSSR count). The molecule has 0 unspecified atom stereocenters. The first-order valence-corrected chi connectivity index (χ1v) is 9.10. The van der Waals surface area contributed by atoms with E-state index in [4.69, 9.17) is 9.47 Å². The van der Waals surface area contributed by atoms with Crippen LogP contribution < -0.4 is 14.8 Å². The van der Waals surface area contributed by atoms with Gasteiger partial charge in [-0.1, -0.05) is 41.6 Å². The lowest BCUT2D eigenvalue weighted by Crippen LogP contribution is -2.25. The summed E-state index contributed by atoms with van der Waals surface area (Å²) in [5.41, 5.74) is 1.10. The lowest BCUT2D eigenvalue weighted by Gasteiger charge is -2.13. The fraction of sp³-hybridized carbons (Fsp3) is 0.611. The molecule has 0 radical (unpaired) electrons. The Hall–Kier alpha value is -1.23. The number of ether oxygens (including phenoxy) is 2. The highest BCUT2D eigenvalue weighted by Crippen LogP contribution is 2.33. The molecule has 1 aromatic carbocycles. The van der Waals surface area contributed by atoms with Crippen molar-refractivity contribution in [3.63, 3.8) is 0 Å². The van der Waals surface area contributed by atoms with Gasteiger partial charge in [0.15, 0.2) is 11.5 Å². The molecule has 0 heterocycles. The van der Waals surface area contributed by atoms with E-state index in [1.165, 1.54) is 25.7 Å². The number of rotatable bonds is 8. The van der Waals surface area contributed by atoms with E-state index in [9.17, 15) is 4.79 Å². The topological polar surface area (TPSA) is 47.6 Å². The molecule has 1 N–H and O–H groups in total. The summed E-state index contributed by atoms with van der Waals surface area (Å²) in [7, 11) is 3.24. The lowest BCUT2D eigenvalue weighted by molar-refractivity contribution is -0.121. The Morgan fingerprint density at radius 1 is 1.22 bits per heavy atom. The predicted octanol–water partition coefficient (Wildman–Crippen LogP) is 4.10. The van der Waals surface area contributed by atoms with Gasteiger partial charge in [-0.15, -0.1) is 0 Å². The van der Waals surface area contributed by atoms with E-state index in [0.717, 1.165) is 28.8 Å². The third kappa shape index (κ3) is 5.41. The van der Waals surface area contributed by atoms with Gasteiger partial charge in [0.1, 0.15) is 0 Å². The Labute approximate surface area is 147 Å². The Morgan fingerprint density at radius 3 is 2.52 bits per heavy atom. The summed E-state index contributed by atoms with van der Waals surface area (Å²) in [6.07, 6.45) is 7.71. The van der Waals surface area contributed by atoms with Gasteiger partial charge in [-0.2, -0.15) is 0 Å². The van der Waals surface area contributed by atoms with Crippen LogP contribution in [0.2, 0.25) is 0 Å². The number of amides is 1. The molecule has 1 aliphatic carbocycles. The normalized spacial score (nSPS) is 14.7. The average Bonchev–Trinajstić information content (AvgIpc) is 3.07. The number of nitrogens with one attached hydrogen (secondary N) is 1. The van der Waals surface area contributed by atoms with Crippen LogP contribution in [0.1, 0.15) is 44.1 Å². The summed E-state index contributed by atoms with van der Waals surface area (Å²) in [5, 5.41) is 3.02. The van der Waals surface area contributed by atoms with Crippen LogP contribution in [0.4, 0.5) is 0 Å². The van der Waals surface area contributed by atoms with Crippen molar-refractivity contribution < 1.29 is 14.3 Å². The molecule has 23 heavy (non-hydrogen) atoms. The van der Waals surface area contributed by atoms with Crippen molar-refractivity contribution >= 4 is 21.8 Å². The second kappa shape index (κ2) is 9.16. The molecule has 1 fully saturated rings. The molecule has 4 nitrogen and oxygen atoms in total. The molecule has 0 aromatic heterocycles. The van der Waals surface area contributed by atoms with E-state index >= 15 is 0 Å². The third-order valence-electron chi connectivity index (χ3n) is 4.52. The molecule has 1 aliphatic rings. The number of hydrogen-bond acceptors (Lipinski definition) is 3. The summed E-state index contributed by atoms with van der Waals surface area (Å²) in [4.78, 5) is 11.9. The number of methoxy groups -OCH3 is 2. The smallest absolute Gasteiger partial charge is 0.220 e. The van der Waals surface area contributed by atoms with Crippen LogP contribution in [0.25, 0.3) is 0 Å². The van der Waals surface area contributed by atoms with Gasteiger partial charge in [-0.25, -0.2) is 0 Å². The molecular weight excluding hydrogens is 358 g/mol. The standard InChI is InChI=1S/C18H26BrNO3/c1-22-16-11-14(15(19)12-17(16)23-2)9-10-20-18(21)8-7-13-5-3-4-6-13/h11-13H,3-10H2,1-2H3,(H,20,21). The Morgan fingerprint density at radius 2 is 1.87 bits per heavy atom. The van der Waals surface area contributed by atoms with E-state index in [1.807, 2.05) is 12.1 Å². The molecule has 5 heteroatoms. The summed E-state index contributed by atoms with van der Waals surface area (Å²) >= 11 is 3.55. The summed E-state index contributed by atoms with van der Waals surface area (Å²) in [5.74, 6) is 2.33.